The molecule has 5 heteroatoms. The fourth-order valence-electron chi connectivity index (χ4n) is 1.77. The van der Waals surface area contributed by atoms with E-state index in [0.29, 0.717) is 10.6 Å². The molecule has 0 spiro atoms. The molecule has 0 saturated carbocycles. The molecule has 0 heterocycles. The van der Waals surface area contributed by atoms with Gasteiger partial charge in [-0.15, -0.1) is 0 Å². The average Bonchev–Trinajstić information content (AvgIpc) is 2.52. The number of hydrogen-bond acceptors (Lipinski definition) is 3. The Labute approximate surface area is 127 Å². The van der Waals surface area contributed by atoms with Crippen molar-refractivity contribution in [1.29, 1.82) is 5.26 Å². The Morgan fingerprint density at radius 3 is 2.52 bits per heavy atom. The summed E-state index contributed by atoms with van der Waals surface area (Å²) in [5.74, 6) is 0. The molecule has 0 aliphatic heterocycles. The first-order chi connectivity index (χ1) is 10.2. The van der Waals surface area contributed by atoms with Gasteiger partial charge in [0.15, 0.2) is 0 Å². The Kier molecular flexibility index (Phi) is 5.19. The summed E-state index contributed by atoms with van der Waals surface area (Å²) in [7, 11) is 0. The second kappa shape index (κ2) is 7.32. The van der Waals surface area contributed by atoms with E-state index in [-0.39, 0.29) is 6.61 Å². The lowest BCUT2D eigenvalue weighted by atomic mass is 10.1. The third-order valence-electron chi connectivity index (χ3n) is 2.82. The second-order valence-corrected chi connectivity index (χ2v) is 4.70. The molecule has 1 atom stereocenters. The van der Waals surface area contributed by atoms with Gasteiger partial charge in [-0.2, -0.15) is 5.26 Å². The molecule has 0 saturated heterocycles. The van der Waals surface area contributed by atoms with Crippen LogP contribution in [0.25, 0.3) is 0 Å². The smallest absolute Gasteiger partial charge is 0.408 e. The number of rotatable bonds is 4. The molecule has 0 fully saturated rings. The summed E-state index contributed by atoms with van der Waals surface area (Å²) in [4.78, 5) is 11.7. The van der Waals surface area contributed by atoms with Crippen LogP contribution >= 0.6 is 11.6 Å². The number of nitrogens with zero attached hydrogens (tertiary/aromatic N) is 1. The zero-order valence-corrected chi connectivity index (χ0v) is 11.9. The number of amides is 1. The molecule has 4 nitrogen and oxygen atoms in total. The van der Waals surface area contributed by atoms with Gasteiger partial charge in [-0.1, -0.05) is 60.1 Å². The molecule has 2 aromatic rings. The van der Waals surface area contributed by atoms with Crippen molar-refractivity contribution < 1.29 is 9.53 Å². The summed E-state index contributed by atoms with van der Waals surface area (Å²) in [6, 6.07) is 17.3. The summed E-state index contributed by atoms with van der Waals surface area (Å²) in [6.07, 6.45) is -0.662. The van der Waals surface area contributed by atoms with Crippen LogP contribution in [0.1, 0.15) is 17.2 Å². The van der Waals surface area contributed by atoms with Crippen LogP contribution in [0.4, 0.5) is 4.79 Å². The maximum atomic E-state index is 11.7. The Morgan fingerprint density at radius 1 is 1.19 bits per heavy atom. The number of alkyl carbamates (subject to hydrolysis) is 1. The highest BCUT2D eigenvalue weighted by molar-refractivity contribution is 6.31. The Morgan fingerprint density at radius 2 is 1.86 bits per heavy atom. The quantitative estimate of drug-likeness (QED) is 0.933. The summed E-state index contributed by atoms with van der Waals surface area (Å²) >= 11 is 6.01. The highest BCUT2D eigenvalue weighted by Gasteiger charge is 2.17. The minimum Gasteiger partial charge on any atom is -0.445 e. The van der Waals surface area contributed by atoms with Crippen LogP contribution in [0.15, 0.2) is 54.6 Å². The normalized spacial score (nSPS) is 11.2. The number of nitriles is 1. The Hall–Kier alpha value is -2.51. The van der Waals surface area contributed by atoms with Gasteiger partial charge in [0.1, 0.15) is 12.6 Å². The number of nitrogens with one attached hydrogen (secondary N) is 1. The van der Waals surface area contributed by atoms with Crippen molar-refractivity contribution in [3.8, 4) is 6.07 Å². The number of halogens is 1. The fourth-order valence-corrected chi connectivity index (χ4v) is 2.02. The van der Waals surface area contributed by atoms with Gasteiger partial charge in [-0.25, -0.2) is 4.79 Å². The molecule has 0 bridgehead atoms. The van der Waals surface area contributed by atoms with Crippen molar-refractivity contribution in [2.24, 2.45) is 0 Å². The standard InChI is InChI=1S/C16H13ClN2O2/c17-14-9-5-4-8-13(14)15(10-18)19-16(20)21-11-12-6-2-1-3-7-12/h1-9,15H,11H2,(H,19,20)/t15-/m0/s1. The van der Waals surface area contributed by atoms with Crippen molar-refractivity contribution in [3.05, 3.63) is 70.7 Å². The van der Waals surface area contributed by atoms with E-state index < -0.39 is 12.1 Å². The van der Waals surface area contributed by atoms with Gasteiger partial charge in [0, 0.05) is 10.6 Å². The predicted octanol–water partition coefficient (Wildman–Crippen LogP) is 3.83. The van der Waals surface area contributed by atoms with Crippen LogP contribution in [0.3, 0.4) is 0 Å². The molecule has 1 amide bonds. The van der Waals surface area contributed by atoms with E-state index in [4.69, 9.17) is 21.6 Å². The third kappa shape index (κ3) is 4.23. The zero-order valence-electron chi connectivity index (χ0n) is 11.1. The van der Waals surface area contributed by atoms with Gasteiger partial charge in [-0.3, -0.25) is 0 Å². The largest absolute Gasteiger partial charge is 0.445 e. The van der Waals surface area contributed by atoms with Gasteiger partial charge in [0.2, 0.25) is 0 Å². The maximum Gasteiger partial charge on any atom is 0.408 e. The van der Waals surface area contributed by atoms with Crippen LogP contribution in [0.5, 0.6) is 0 Å². The van der Waals surface area contributed by atoms with Crippen molar-refractivity contribution >= 4 is 17.7 Å². The van der Waals surface area contributed by atoms with Gasteiger partial charge in [0.05, 0.1) is 6.07 Å². The molecular weight excluding hydrogens is 288 g/mol. The lowest BCUT2D eigenvalue weighted by Crippen LogP contribution is -2.28. The van der Waals surface area contributed by atoms with Gasteiger partial charge in [0.25, 0.3) is 0 Å². The molecule has 2 rings (SSSR count). The Bertz CT molecular complexity index is 653. The monoisotopic (exact) mass is 300 g/mol. The van der Waals surface area contributed by atoms with E-state index in [9.17, 15) is 4.79 Å². The number of benzene rings is 2. The Balaban J connectivity index is 1.95. The third-order valence-corrected chi connectivity index (χ3v) is 3.16. The summed E-state index contributed by atoms with van der Waals surface area (Å²) in [5.41, 5.74) is 1.41. The topological polar surface area (TPSA) is 62.1 Å². The molecule has 21 heavy (non-hydrogen) atoms. The van der Waals surface area contributed by atoms with Crippen molar-refractivity contribution in [2.75, 3.05) is 0 Å². The molecule has 2 aromatic carbocycles. The first-order valence-corrected chi connectivity index (χ1v) is 6.70. The van der Waals surface area contributed by atoms with Gasteiger partial charge < -0.3 is 10.1 Å². The van der Waals surface area contributed by atoms with Crippen LogP contribution in [-0.4, -0.2) is 6.09 Å². The highest BCUT2D eigenvalue weighted by Crippen LogP contribution is 2.22. The molecule has 0 aliphatic rings. The lowest BCUT2D eigenvalue weighted by molar-refractivity contribution is 0.137. The fraction of sp³-hybridized carbons (Fsp3) is 0.125. The molecule has 0 radical (unpaired) electrons. The van der Waals surface area contributed by atoms with Crippen molar-refractivity contribution in [1.82, 2.24) is 5.32 Å². The van der Waals surface area contributed by atoms with E-state index >= 15 is 0 Å². The molecule has 106 valence electrons. The summed E-state index contributed by atoms with van der Waals surface area (Å²) < 4.78 is 5.08. The second-order valence-electron chi connectivity index (χ2n) is 4.29. The minimum atomic E-state index is -0.845. The number of carbonyl (C=O) groups excluding carboxylic acids is 1. The van der Waals surface area contributed by atoms with Crippen LogP contribution in [0.2, 0.25) is 5.02 Å². The van der Waals surface area contributed by atoms with Gasteiger partial charge >= 0.3 is 6.09 Å². The lowest BCUT2D eigenvalue weighted by Gasteiger charge is -2.13. The molecule has 0 aliphatic carbocycles. The van der Waals surface area contributed by atoms with Crippen LogP contribution < -0.4 is 5.32 Å². The zero-order chi connectivity index (χ0) is 15.1. The van der Waals surface area contributed by atoms with Crippen LogP contribution in [0, 0.1) is 11.3 Å². The minimum absolute atomic E-state index is 0.146. The number of ether oxygens (including phenoxy) is 1. The van der Waals surface area contributed by atoms with E-state index in [2.05, 4.69) is 5.32 Å². The van der Waals surface area contributed by atoms with Crippen LogP contribution in [-0.2, 0) is 11.3 Å². The molecule has 0 unspecified atom stereocenters. The SMILES string of the molecule is N#C[C@H](NC(=O)OCc1ccccc1)c1ccccc1Cl. The predicted molar refractivity (Wildman–Crippen MR) is 79.6 cm³/mol. The first kappa shape index (κ1) is 14.9. The number of carbonyl (C=O) groups is 1. The van der Waals surface area contributed by atoms with E-state index in [0.717, 1.165) is 5.56 Å². The molecule has 0 aromatic heterocycles. The first-order valence-electron chi connectivity index (χ1n) is 6.32. The van der Waals surface area contributed by atoms with E-state index in [1.165, 1.54) is 0 Å². The van der Waals surface area contributed by atoms with Crippen molar-refractivity contribution in [3.63, 3.8) is 0 Å². The summed E-state index contributed by atoms with van der Waals surface area (Å²) in [5, 5.41) is 12.1. The average molecular weight is 301 g/mol. The van der Waals surface area contributed by atoms with Gasteiger partial charge in [-0.05, 0) is 11.6 Å². The summed E-state index contributed by atoms with van der Waals surface area (Å²) in [6.45, 7) is 0.146. The number of hydrogen-bond donors (Lipinski definition) is 1. The van der Waals surface area contributed by atoms with E-state index in [1.54, 1.807) is 24.3 Å². The maximum absolute atomic E-state index is 11.7. The van der Waals surface area contributed by atoms with Crippen molar-refractivity contribution in [2.45, 2.75) is 12.6 Å². The molecular formula is C16H13ClN2O2. The highest BCUT2D eigenvalue weighted by atomic mass is 35.5. The van der Waals surface area contributed by atoms with E-state index in [1.807, 2.05) is 36.4 Å². The molecule has 1 N–H and O–H groups in total.